The predicted molar refractivity (Wildman–Crippen MR) is 62.4 cm³/mol. The number of pyridine rings is 1. The van der Waals surface area contributed by atoms with Crippen molar-refractivity contribution in [3.63, 3.8) is 0 Å². The Hall–Kier alpha value is -1.14. The summed E-state index contributed by atoms with van der Waals surface area (Å²) in [5.74, 6) is 0. The lowest BCUT2D eigenvalue weighted by Gasteiger charge is -2.40. The molecule has 1 fully saturated rings. The molecule has 3 nitrogen and oxygen atoms in total. The minimum absolute atomic E-state index is 0.186. The average molecular weight is 275 g/mol. The molecule has 1 N–H and O–H groups in total. The van der Waals surface area contributed by atoms with Crippen LogP contribution in [0.2, 0.25) is 0 Å². The topological polar surface area (TPSA) is 42.4 Å². The second-order valence-corrected chi connectivity index (χ2v) is 4.81. The first-order valence-corrected chi connectivity index (χ1v) is 6.16. The number of ether oxygens (including phenoxy) is 1. The van der Waals surface area contributed by atoms with E-state index in [1.165, 1.54) is 7.11 Å². The van der Waals surface area contributed by atoms with Crippen molar-refractivity contribution in [1.29, 1.82) is 0 Å². The molecule has 0 amide bonds. The molecule has 0 spiro atoms. The highest BCUT2D eigenvalue weighted by molar-refractivity contribution is 5.33. The summed E-state index contributed by atoms with van der Waals surface area (Å²) in [5.41, 5.74) is -2.64. The van der Waals surface area contributed by atoms with E-state index in [0.29, 0.717) is 12.8 Å². The summed E-state index contributed by atoms with van der Waals surface area (Å²) in [4.78, 5) is 3.73. The van der Waals surface area contributed by atoms with Gasteiger partial charge in [0, 0.05) is 25.1 Å². The fraction of sp³-hybridized carbons (Fsp3) is 0.615. The van der Waals surface area contributed by atoms with Gasteiger partial charge in [0.2, 0.25) is 0 Å². The molecule has 1 aromatic rings. The quantitative estimate of drug-likeness (QED) is 0.902. The number of aliphatic hydroxyl groups is 1. The smallest absolute Gasteiger partial charge is 0.382 e. The van der Waals surface area contributed by atoms with Crippen molar-refractivity contribution in [2.24, 2.45) is 0 Å². The highest BCUT2D eigenvalue weighted by Gasteiger charge is 2.46. The summed E-state index contributed by atoms with van der Waals surface area (Å²) in [7, 11) is 1.41. The van der Waals surface area contributed by atoms with Gasteiger partial charge in [0.1, 0.15) is 5.60 Å². The first-order valence-electron chi connectivity index (χ1n) is 6.16. The predicted octanol–water partition coefficient (Wildman–Crippen LogP) is 2.88. The van der Waals surface area contributed by atoms with E-state index in [-0.39, 0.29) is 12.0 Å². The zero-order valence-corrected chi connectivity index (χ0v) is 10.6. The van der Waals surface area contributed by atoms with Crippen LogP contribution in [0, 0.1) is 0 Å². The Morgan fingerprint density at radius 2 is 2.16 bits per heavy atom. The molecule has 1 saturated carbocycles. The Morgan fingerprint density at radius 3 is 2.79 bits per heavy atom. The number of hydrogen-bond donors (Lipinski definition) is 1. The zero-order valence-electron chi connectivity index (χ0n) is 10.6. The monoisotopic (exact) mass is 275 g/mol. The van der Waals surface area contributed by atoms with Gasteiger partial charge in [0.05, 0.1) is 11.7 Å². The van der Waals surface area contributed by atoms with Gasteiger partial charge in [0.25, 0.3) is 0 Å². The largest absolute Gasteiger partial charge is 0.416 e. The van der Waals surface area contributed by atoms with Crippen LogP contribution in [-0.2, 0) is 16.5 Å². The summed E-state index contributed by atoms with van der Waals surface area (Å²) in [5, 5.41) is 10.7. The molecule has 2 unspecified atom stereocenters. The van der Waals surface area contributed by atoms with Gasteiger partial charge in [-0.05, 0) is 18.9 Å². The average Bonchev–Trinajstić information content (AvgIpc) is 2.38. The van der Waals surface area contributed by atoms with Crippen LogP contribution in [0.4, 0.5) is 13.2 Å². The van der Waals surface area contributed by atoms with Crippen LogP contribution in [0.3, 0.4) is 0 Å². The fourth-order valence-electron chi connectivity index (χ4n) is 2.73. The molecule has 1 aliphatic carbocycles. The van der Waals surface area contributed by atoms with Crippen LogP contribution in [0.15, 0.2) is 18.5 Å². The first kappa shape index (κ1) is 14.3. The van der Waals surface area contributed by atoms with Gasteiger partial charge in [-0.2, -0.15) is 13.2 Å². The number of rotatable bonds is 2. The van der Waals surface area contributed by atoms with E-state index in [1.54, 1.807) is 0 Å². The molecule has 1 heterocycles. The van der Waals surface area contributed by atoms with Crippen LogP contribution in [0.1, 0.15) is 36.8 Å². The van der Waals surface area contributed by atoms with Crippen LogP contribution < -0.4 is 0 Å². The maximum Gasteiger partial charge on any atom is 0.416 e. The molecule has 106 valence electrons. The minimum Gasteiger partial charge on any atom is -0.382 e. The Kier molecular flexibility index (Phi) is 3.82. The normalized spacial score (nSPS) is 28.4. The third-order valence-electron chi connectivity index (χ3n) is 3.68. The molecular weight excluding hydrogens is 259 g/mol. The van der Waals surface area contributed by atoms with E-state index in [4.69, 9.17) is 4.74 Å². The highest BCUT2D eigenvalue weighted by Crippen LogP contribution is 2.43. The van der Waals surface area contributed by atoms with E-state index in [1.807, 2.05) is 0 Å². The van der Waals surface area contributed by atoms with Gasteiger partial charge in [0.15, 0.2) is 0 Å². The van der Waals surface area contributed by atoms with Gasteiger partial charge in [-0.3, -0.25) is 4.98 Å². The maximum atomic E-state index is 13.0. The molecule has 19 heavy (non-hydrogen) atoms. The van der Waals surface area contributed by atoms with Crippen molar-refractivity contribution < 1.29 is 23.0 Å². The molecule has 0 saturated heterocycles. The molecule has 2 rings (SSSR count). The van der Waals surface area contributed by atoms with Crippen molar-refractivity contribution in [3.8, 4) is 0 Å². The molecule has 1 aromatic heterocycles. The fourth-order valence-corrected chi connectivity index (χ4v) is 2.73. The van der Waals surface area contributed by atoms with Crippen LogP contribution in [-0.4, -0.2) is 23.3 Å². The third-order valence-corrected chi connectivity index (χ3v) is 3.68. The van der Waals surface area contributed by atoms with E-state index in [0.717, 1.165) is 24.9 Å². The molecular formula is C13H16F3NO2. The molecule has 0 aliphatic heterocycles. The highest BCUT2D eigenvalue weighted by atomic mass is 19.4. The van der Waals surface area contributed by atoms with Crippen LogP contribution in [0.5, 0.6) is 0 Å². The van der Waals surface area contributed by atoms with Gasteiger partial charge < -0.3 is 9.84 Å². The number of hydrogen-bond acceptors (Lipinski definition) is 3. The number of aromatic nitrogens is 1. The van der Waals surface area contributed by atoms with Gasteiger partial charge in [-0.25, -0.2) is 0 Å². The molecule has 1 aliphatic rings. The molecule has 6 heteroatoms. The number of methoxy groups -OCH3 is 1. The zero-order chi connectivity index (χ0) is 14.1. The van der Waals surface area contributed by atoms with Crippen molar-refractivity contribution >= 4 is 0 Å². The second-order valence-electron chi connectivity index (χ2n) is 4.81. The van der Waals surface area contributed by atoms with E-state index in [9.17, 15) is 18.3 Å². The Morgan fingerprint density at radius 1 is 1.42 bits per heavy atom. The summed E-state index contributed by atoms with van der Waals surface area (Å²) < 4.78 is 44.3. The van der Waals surface area contributed by atoms with Gasteiger partial charge in [-0.1, -0.05) is 12.8 Å². The van der Waals surface area contributed by atoms with Crippen molar-refractivity contribution in [2.45, 2.75) is 43.6 Å². The molecule has 0 radical (unpaired) electrons. The number of nitrogens with zero attached hydrogens (tertiary/aromatic N) is 1. The van der Waals surface area contributed by atoms with E-state index in [2.05, 4.69) is 4.98 Å². The number of alkyl halides is 3. The summed E-state index contributed by atoms with van der Waals surface area (Å²) in [6, 6.07) is 0.897. The van der Waals surface area contributed by atoms with E-state index >= 15 is 0 Å². The third kappa shape index (κ3) is 2.60. The Balaban J connectivity index is 2.50. The Bertz CT molecular complexity index is 450. The lowest BCUT2D eigenvalue weighted by molar-refractivity contribution is -0.151. The summed E-state index contributed by atoms with van der Waals surface area (Å²) >= 11 is 0. The molecule has 0 bridgehead atoms. The standard InChI is InChI=1S/C13H16F3NO2/c1-19-11-4-2-3-6-12(11,18)10-8-17-7-5-9(10)13(14,15)16/h5,7-8,11,18H,2-4,6H2,1H3. The van der Waals surface area contributed by atoms with E-state index < -0.39 is 23.4 Å². The molecule has 2 atom stereocenters. The molecule has 0 aromatic carbocycles. The van der Waals surface area contributed by atoms with Gasteiger partial charge in [-0.15, -0.1) is 0 Å². The minimum atomic E-state index is -4.51. The van der Waals surface area contributed by atoms with Crippen molar-refractivity contribution in [3.05, 3.63) is 29.6 Å². The van der Waals surface area contributed by atoms with Crippen molar-refractivity contribution in [2.75, 3.05) is 7.11 Å². The summed E-state index contributed by atoms with van der Waals surface area (Å²) in [6.45, 7) is 0. The lowest BCUT2D eigenvalue weighted by atomic mass is 9.76. The Labute approximate surface area is 109 Å². The lowest BCUT2D eigenvalue weighted by Crippen LogP contribution is -2.44. The number of halogens is 3. The van der Waals surface area contributed by atoms with Crippen molar-refractivity contribution in [1.82, 2.24) is 4.98 Å². The summed E-state index contributed by atoms with van der Waals surface area (Å²) in [6.07, 6.45) is -0.666. The first-order chi connectivity index (χ1) is 8.89. The second kappa shape index (κ2) is 5.09. The maximum absolute atomic E-state index is 13.0. The van der Waals surface area contributed by atoms with Crippen LogP contribution in [0.25, 0.3) is 0 Å². The van der Waals surface area contributed by atoms with Gasteiger partial charge >= 0.3 is 6.18 Å². The SMILES string of the molecule is COC1CCCCC1(O)c1cnccc1C(F)(F)F. The van der Waals surface area contributed by atoms with Crippen LogP contribution >= 0.6 is 0 Å².